The van der Waals surface area contributed by atoms with Crippen molar-refractivity contribution in [3.05, 3.63) is 65.7 Å². The van der Waals surface area contributed by atoms with Gasteiger partial charge in [0.2, 0.25) is 0 Å². The van der Waals surface area contributed by atoms with E-state index in [-0.39, 0.29) is 5.91 Å². The van der Waals surface area contributed by atoms with Crippen LogP contribution in [0, 0.1) is 0 Å². The Balaban J connectivity index is 1.82. The molecule has 2 aromatic carbocycles. The summed E-state index contributed by atoms with van der Waals surface area (Å²) in [6.45, 7) is 9.24. The molecular weight excluding hydrogens is 358 g/mol. The maximum atomic E-state index is 14.2. The normalized spacial score (nSPS) is 22.3. The lowest BCUT2D eigenvalue weighted by Crippen LogP contribution is -2.52. The van der Waals surface area contributed by atoms with Crippen LogP contribution in [-0.4, -0.2) is 48.5 Å². The summed E-state index contributed by atoms with van der Waals surface area (Å²) in [6.07, 6.45) is 4.37. The van der Waals surface area contributed by atoms with E-state index in [1.807, 2.05) is 11.1 Å². The van der Waals surface area contributed by atoms with Crippen molar-refractivity contribution in [1.29, 1.82) is 0 Å². The number of carbonyl (C=O) groups excluding carboxylic acids is 1. The maximum Gasteiger partial charge on any atom is 0.256 e. The van der Waals surface area contributed by atoms with Crippen LogP contribution in [0.2, 0.25) is 0 Å². The van der Waals surface area contributed by atoms with Crippen molar-refractivity contribution in [3.8, 4) is 0 Å². The molecule has 1 atom stereocenters. The van der Waals surface area contributed by atoms with Gasteiger partial charge in [-0.1, -0.05) is 68.8 Å². The highest BCUT2D eigenvalue weighted by Gasteiger charge is 2.53. The van der Waals surface area contributed by atoms with E-state index in [4.69, 9.17) is 0 Å². The van der Waals surface area contributed by atoms with Crippen LogP contribution in [0.25, 0.3) is 0 Å². The van der Waals surface area contributed by atoms with E-state index >= 15 is 0 Å². The van der Waals surface area contributed by atoms with E-state index in [2.05, 4.69) is 72.3 Å². The zero-order valence-corrected chi connectivity index (χ0v) is 17.8. The van der Waals surface area contributed by atoms with Gasteiger partial charge in [0.15, 0.2) is 0 Å². The monoisotopic (exact) mass is 391 g/mol. The maximum absolute atomic E-state index is 14.2. The summed E-state index contributed by atoms with van der Waals surface area (Å²) in [4.78, 5) is 16.7. The molecule has 4 nitrogen and oxygen atoms in total. The number of amides is 1. The second-order valence-corrected chi connectivity index (χ2v) is 8.20. The Hall–Kier alpha value is -2.17. The first-order valence-corrected chi connectivity index (χ1v) is 11.2. The fourth-order valence-corrected chi connectivity index (χ4v) is 5.04. The molecule has 0 spiro atoms. The zero-order valence-electron chi connectivity index (χ0n) is 17.8. The summed E-state index contributed by atoms with van der Waals surface area (Å²) in [6, 6.07) is 18.9. The highest BCUT2D eigenvalue weighted by molar-refractivity contribution is 6.09. The molecule has 0 saturated carbocycles. The summed E-state index contributed by atoms with van der Waals surface area (Å²) in [5.41, 5.74) is 2.73. The number of carbonyl (C=O) groups is 1. The summed E-state index contributed by atoms with van der Waals surface area (Å²) < 4.78 is 0. The Morgan fingerprint density at radius 1 is 0.897 bits per heavy atom. The van der Waals surface area contributed by atoms with E-state index in [9.17, 15) is 4.79 Å². The lowest BCUT2D eigenvalue weighted by molar-refractivity contribution is -0.125. The smallest absolute Gasteiger partial charge is 0.256 e. The molecule has 2 aliphatic heterocycles. The van der Waals surface area contributed by atoms with Gasteiger partial charge in [-0.05, 0) is 56.1 Å². The van der Waals surface area contributed by atoms with Crippen LogP contribution in [0.1, 0.15) is 50.7 Å². The minimum atomic E-state index is -0.613. The summed E-state index contributed by atoms with van der Waals surface area (Å²) in [5.74, 6) is 0.221. The van der Waals surface area contributed by atoms with Crippen molar-refractivity contribution in [3.63, 3.8) is 0 Å². The first-order chi connectivity index (χ1) is 14.2. The zero-order chi connectivity index (χ0) is 20.3. The topological polar surface area (TPSA) is 26.8 Å². The van der Waals surface area contributed by atoms with Gasteiger partial charge in [0.05, 0.1) is 5.69 Å². The van der Waals surface area contributed by atoms with E-state index in [0.717, 1.165) is 68.8 Å². The molecule has 1 saturated heterocycles. The number of para-hydroxylation sites is 1. The van der Waals surface area contributed by atoms with Gasteiger partial charge in [-0.15, -0.1) is 0 Å². The molecule has 2 heterocycles. The third-order valence-corrected chi connectivity index (χ3v) is 6.73. The van der Waals surface area contributed by atoms with Crippen LogP contribution < -0.4 is 5.01 Å². The predicted molar refractivity (Wildman–Crippen MR) is 119 cm³/mol. The molecule has 154 valence electrons. The molecule has 1 fully saturated rings. The molecule has 29 heavy (non-hydrogen) atoms. The molecule has 0 bridgehead atoms. The first-order valence-electron chi connectivity index (χ1n) is 11.2. The van der Waals surface area contributed by atoms with Gasteiger partial charge < -0.3 is 4.90 Å². The predicted octanol–water partition coefficient (Wildman–Crippen LogP) is 4.45. The molecule has 2 aliphatic rings. The van der Waals surface area contributed by atoms with Gasteiger partial charge >= 0.3 is 0 Å². The molecule has 1 amide bonds. The summed E-state index contributed by atoms with van der Waals surface area (Å²) >= 11 is 0. The molecule has 4 heteroatoms. The molecule has 1 unspecified atom stereocenters. The van der Waals surface area contributed by atoms with Crippen molar-refractivity contribution in [2.75, 3.05) is 37.7 Å². The number of nitrogens with zero attached hydrogens (tertiary/aromatic N) is 3. The third-order valence-electron chi connectivity index (χ3n) is 6.73. The van der Waals surface area contributed by atoms with Crippen LogP contribution in [-0.2, 0) is 10.2 Å². The number of hydrogen-bond donors (Lipinski definition) is 0. The molecule has 0 radical (unpaired) electrons. The molecule has 4 rings (SSSR count). The van der Waals surface area contributed by atoms with Gasteiger partial charge in [-0.25, -0.2) is 10.0 Å². The Bertz CT molecular complexity index is 827. The number of rotatable bonds is 7. The standard InChI is InChI=1S/C25H33N3O/c1-3-26(4-2)20-17-25(21-13-7-5-8-14-21)22-15-9-10-16-23(22)28(24(25)29)27-18-11-6-12-19-27/h5,7-10,13-16H,3-4,6,11-12,17-20H2,1-2H3. The largest absolute Gasteiger partial charge is 0.304 e. The molecular formula is C25H33N3O. The van der Waals surface area contributed by atoms with Crippen molar-refractivity contribution in [1.82, 2.24) is 9.91 Å². The van der Waals surface area contributed by atoms with E-state index < -0.39 is 5.41 Å². The molecule has 0 aliphatic carbocycles. The fourth-order valence-electron chi connectivity index (χ4n) is 5.04. The van der Waals surface area contributed by atoms with E-state index in [0.29, 0.717) is 0 Å². The number of benzene rings is 2. The van der Waals surface area contributed by atoms with Crippen molar-refractivity contribution in [2.45, 2.75) is 44.9 Å². The first kappa shape index (κ1) is 20.1. The number of hydrogen-bond acceptors (Lipinski definition) is 3. The molecule has 0 aromatic heterocycles. The average Bonchev–Trinajstić information content (AvgIpc) is 3.04. The minimum Gasteiger partial charge on any atom is -0.304 e. The Labute approximate surface area is 175 Å². The lowest BCUT2D eigenvalue weighted by atomic mass is 9.72. The third kappa shape index (κ3) is 3.49. The number of piperidine rings is 1. The Morgan fingerprint density at radius 3 is 2.24 bits per heavy atom. The number of anilines is 1. The van der Waals surface area contributed by atoms with E-state index in [1.165, 1.54) is 6.42 Å². The van der Waals surface area contributed by atoms with Crippen LogP contribution in [0.4, 0.5) is 5.69 Å². The SMILES string of the molecule is CCN(CC)CCC1(c2ccccc2)C(=O)N(N2CCCCC2)c2ccccc21. The summed E-state index contributed by atoms with van der Waals surface area (Å²) in [5, 5.41) is 4.30. The highest BCUT2D eigenvalue weighted by Crippen LogP contribution is 2.49. The average molecular weight is 392 g/mol. The second-order valence-electron chi connectivity index (χ2n) is 8.20. The quantitative estimate of drug-likeness (QED) is 0.698. The van der Waals surface area contributed by atoms with E-state index in [1.54, 1.807) is 0 Å². The van der Waals surface area contributed by atoms with Gasteiger partial charge in [-0.2, -0.15) is 0 Å². The van der Waals surface area contributed by atoms with Crippen molar-refractivity contribution >= 4 is 11.6 Å². The van der Waals surface area contributed by atoms with Gasteiger partial charge in [-0.3, -0.25) is 4.79 Å². The second kappa shape index (κ2) is 8.68. The lowest BCUT2D eigenvalue weighted by Gasteiger charge is -2.37. The Kier molecular flexibility index (Phi) is 6.02. The Morgan fingerprint density at radius 2 is 1.55 bits per heavy atom. The molecule has 2 aromatic rings. The highest BCUT2D eigenvalue weighted by atomic mass is 16.2. The summed E-state index contributed by atoms with van der Waals surface area (Å²) in [7, 11) is 0. The minimum absolute atomic E-state index is 0.221. The van der Waals surface area contributed by atoms with Crippen LogP contribution in [0.5, 0.6) is 0 Å². The van der Waals surface area contributed by atoms with Crippen LogP contribution in [0.15, 0.2) is 54.6 Å². The fraction of sp³-hybridized carbons (Fsp3) is 0.480. The molecule has 0 N–H and O–H groups in total. The number of fused-ring (bicyclic) bond motifs is 1. The van der Waals surface area contributed by atoms with Crippen LogP contribution in [0.3, 0.4) is 0 Å². The van der Waals surface area contributed by atoms with Gasteiger partial charge in [0.25, 0.3) is 5.91 Å². The van der Waals surface area contributed by atoms with Gasteiger partial charge in [0.1, 0.15) is 5.41 Å². The van der Waals surface area contributed by atoms with Gasteiger partial charge in [0, 0.05) is 13.1 Å². The van der Waals surface area contributed by atoms with Crippen LogP contribution >= 0.6 is 0 Å². The number of hydrazine groups is 1. The van der Waals surface area contributed by atoms with Crippen molar-refractivity contribution in [2.24, 2.45) is 0 Å². The van der Waals surface area contributed by atoms with Crippen molar-refractivity contribution < 1.29 is 4.79 Å².